The highest BCUT2D eigenvalue weighted by Gasteiger charge is 2.15. The molecule has 5 nitrogen and oxygen atoms in total. The van der Waals surface area contributed by atoms with Gasteiger partial charge in [-0.3, -0.25) is 0 Å². The number of halogens is 2. The average Bonchev–Trinajstić information content (AvgIpc) is 3.01. The molecule has 0 saturated heterocycles. The van der Waals surface area contributed by atoms with E-state index in [0.717, 1.165) is 29.4 Å². The van der Waals surface area contributed by atoms with Crippen LogP contribution < -0.4 is 5.73 Å². The molecule has 27 heavy (non-hydrogen) atoms. The number of benzene rings is 1. The van der Waals surface area contributed by atoms with Crippen LogP contribution in [0.4, 0.5) is 14.6 Å². The number of nitrogens with two attached hydrogens (primary N) is 1. The van der Waals surface area contributed by atoms with Crippen molar-refractivity contribution in [3.63, 3.8) is 0 Å². The molecule has 0 aliphatic rings. The van der Waals surface area contributed by atoms with E-state index in [9.17, 15) is 8.78 Å². The summed E-state index contributed by atoms with van der Waals surface area (Å²) in [4.78, 5) is 9.24. The first-order valence-electron chi connectivity index (χ1n) is 8.77. The Morgan fingerprint density at radius 1 is 1.30 bits per heavy atom. The highest BCUT2D eigenvalue weighted by molar-refractivity contribution is 7.99. The molecule has 0 bridgehead atoms. The van der Waals surface area contributed by atoms with Crippen LogP contribution in [0.2, 0.25) is 0 Å². The quantitative estimate of drug-likeness (QED) is 0.457. The number of rotatable bonds is 8. The second-order valence-corrected chi connectivity index (χ2v) is 7.25. The molecule has 0 unspecified atom stereocenters. The molecule has 2 heterocycles. The Morgan fingerprint density at radius 3 is 2.85 bits per heavy atom. The Hall–Kier alpha value is -2.19. The number of hydrogen-bond acceptors (Lipinski definition) is 5. The fourth-order valence-corrected chi connectivity index (χ4v) is 3.76. The zero-order valence-corrected chi connectivity index (χ0v) is 16.2. The summed E-state index contributed by atoms with van der Waals surface area (Å²) >= 11 is 1.37. The second-order valence-electron chi connectivity index (χ2n) is 6.12. The standard InChI is InChI=1S/C19H22F2N4OS/c1-3-26-11-16-24-17-18(12(2)10-23-19(17)22)25(16)7-4-8-27-15-6-5-13(20)9-14(15)21/h5-6,9-10H,3-4,7-8,11H2,1-2H3,(H2,22,23). The Kier molecular flexibility index (Phi) is 6.28. The molecule has 0 saturated carbocycles. The van der Waals surface area contributed by atoms with Gasteiger partial charge in [-0.25, -0.2) is 18.7 Å². The van der Waals surface area contributed by atoms with E-state index in [2.05, 4.69) is 14.5 Å². The Bertz CT molecular complexity index is 945. The van der Waals surface area contributed by atoms with Crippen LogP contribution in [-0.4, -0.2) is 26.9 Å². The molecule has 0 spiro atoms. The lowest BCUT2D eigenvalue weighted by Crippen LogP contribution is -2.07. The number of hydrogen-bond donors (Lipinski definition) is 1. The van der Waals surface area contributed by atoms with E-state index < -0.39 is 11.6 Å². The van der Waals surface area contributed by atoms with E-state index in [1.54, 1.807) is 6.20 Å². The third-order valence-electron chi connectivity index (χ3n) is 4.17. The number of imidazole rings is 1. The van der Waals surface area contributed by atoms with Crippen molar-refractivity contribution in [2.24, 2.45) is 0 Å². The highest BCUT2D eigenvalue weighted by Crippen LogP contribution is 2.26. The number of thioether (sulfide) groups is 1. The van der Waals surface area contributed by atoms with E-state index in [0.29, 0.717) is 41.7 Å². The minimum atomic E-state index is -0.566. The van der Waals surface area contributed by atoms with Gasteiger partial charge in [-0.15, -0.1) is 11.8 Å². The fraction of sp³-hybridized carbons (Fsp3) is 0.368. The van der Waals surface area contributed by atoms with Gasteiger partial charge in [0.25, 0.3) is 0 Å². The third kappa shape index (κ3) is 4.39. The summed E-state index contributed by atoms with van der Waals surface area (Å²) in [5, 5.41) is 0. The highest BCUT2D eigenvalue weighted by atomic mass is 32.2. The topological polar surface area (TPSA) is 66.0 Å². The first kappa shape index (κ1) is 19.6. The molecule has 0 fully saturated rings. The van der Waals surface area contributed by atoms with Crippen LogP contribution in [0.5, 0.6) is 0 Å². The van der Waals surface area contributed by atoms with Gasteiger partial charge in [-0.1, -0.05) is 0 Å². The lowest BCUT2D eigenvalue weighted by atomic mass is 10.2. The summed E-state index contributed by atoms with van der Waals surface area (Å²) < 4.78 is 34.4. The number of anilines is 1. The maximum Gasteiger partial charge on any atom is 0.151 e. The van der Waals surface area contributed by atoms with Gasteiger partial charge in [0.15, 0.2) is 5.82 Å². The monoisotopic (exact) mass is 392 g/mol. The minimum absolute atomic E-state index is 0.393. The molecule has 0 atom stereocenters. The van der Waals surface area contributed by atoms with Gasteiger partial charge in [-0.05, 0) is 43.7 Å². The van der Waals surface area contributed by atoms with Crippen molar-refractivity contribution in [1.29, 1.82) is 0 Å². The molecule has 3 rings (SSSR count). The maximum absolute atomic E-state index is 13.7. The number of nitrogen functional groups attached to an aromatic ring is 1. The van der Waals surface area contributed by atoms with Crippen molar-refractivity contribution in [3.8, 4) is 0 Å². The number of aryl methyl sites for hydroxylation is 2. The van der Waals surface area contributed by atoms with Gasteiger partial charge >= 0.3 is 0 Å². The van der Waals surface area contributed by atoms with Crippen LogP contribution in [0.25, 0.3) is 11.0 Å². The van der Waals surface area contributed by atoms with E-state index in [1.807, 2.05) is 13.8 Å². The molecule has 0 aliphatic heterocycles. The summed E-state index contributed by atoms with van der Waals surface area (Å²) in [6.45, 7) is 5.58. The molecule has 2 aromatic heterocycles. The number of pyridine rings is 1. The van der Waals surface area contributed by atoms with Gasteiger partial charge in [-0.2, -0.15) is 0 Å². The van der Waals surface area contributed by atoms with Crippen molar-refractivity contribution >= 4 is 28.6 Å². The van der Waals surface area contributed by atoms with Crippen LogP contribution in [0.15, 0.2) is 29.3 Å². The average molecular weight is 392 g/mol. The number of aromatic nitrogens is 3. The molecular weight excluding hydrogens is 370 g/mol. The zero-order chi connectivity index (χ0) is 19.4. The SMILES string of the molecule is CCOCc1nc2c(N)ncc(C)c2n1CCCSc1ccc(F)cc1F. The van der Waals surface area contributed by atoms with Crippen LogP contribution in [0.3, 0.4) is 0 Å². The van der Waals surface area contributed by atoms with Crippen molar-refractivity contribution < 1.29 is 13.5 Å². The summed E-state index contributed by atoms with van der Waals surface area (Å²) in [6.07, 6.45) is 2.52. The predicted molar refractivity (Wildman–Crippen MR) is 104 cm³/mol. The van der Waals surface area contributed by atoms with Gasteiger partial charge in [0.1, 0.15) is 29.6 Å². The van der Waals surface area contributed by atoms with Gasteiger partial charge in [0.05, 0.1) is 5.52 Å². The largest absolute Gasteiger partial charge is 0.382 e. The molecule has 1 aromatic carbocycles. The molecule has 144 valence electrons. The van der Waals surface area contributed by atoms with Gasteiger partial charge in [0, 0.05) is 30.3 Å². The third-order valence-corrected chi connectivity index (χ3v) is 5.31. The second kappa shape index (κ2) is 8.67. The van der Waals surface area contributed by atoms with Crippen LogP contribution in [-0.2, 0) is 17.9 Å². The Labute approximate surface area is 160 Å². The van der Waals surface area contributed by atoms with Crippen molar-refractivity contribution in [2.75, 3.05) is 18.1 Å². The summed E-state index contributed by atoms with van der Waals surface area (Å²) in [5.41, 5.74) is 8.62. The fourth-order valence-electron chi connectivity index (χ4n) is 2.91. The van der Waals surface area contributed by atoms with Crippen molar-refractivity contribution in [2.45, 2.75) is 38.3 Å². The van der Waals surface area contributed by atoms with Crippen LogP contribution in [0.1, 0.15) is 24.7 Å². The lowest BCUT2D eigenvalue weighted by Gasteiger charge is -2.11. The summed E-state index contributed by atoms with van der Waals surface area (Å²) in [6, 6.07) is 3.65. The molecule has 0 amide bonds. The smallest absolute Gasteiger partial charge is 0.151 e. The Balaban J connectivity index is 1.75. The Morgan fingerprint density at radius 2 is 2.11 bits per heavy atom. The number of fused-ring (bicyclic) bond motifs is 1. The molecule has 0 radical (unpaired) electrons. The van der Waals surface area contributed by atoms with E-state index in [1.165, 1.54) is 23.9 Å². The molecular formula is C19H22F2N4OS. The lowest BCUT2D eigenvalue weighted by molar-refractivity contribution is 0.126. The number of ether oxygens (including phenoxy) is 1. The van der Waals surface area contributed by atoms with Crippen molar-refractivity contribution in [3.05, 3.63) is 47.4 Å². The van der Waals surface area contributed by atoms with Gasteiger partial charge < -0.3 is 15.0 Å². The van der Waals surface area contributed by atoms with E-state index in [4.69, 9.17) is 10.5 Å². The maximum atomic E-state index is 13.7. The van der Waals surface area contributed by atoms with Crippen molar-refractivity contribution in [1.82, 2.24) is 14.5 Å². The predicted octanol–water partition coefficient (Wildman–Crippen LogP) is 4.32. The minimum Gasteiger partial charge on any atom is -0.382 e. The molecule has 3 aromatic rings. The van der Waals surface area contributed by atoms with Crippen LogP contribution >= 0.6 is 11.8 Å². The molecule has 0 aliphatic carbocycles. The van der Waals surface area contributed by atoms with E-state index >= 15 is 0 Å². The summed E-state index contributed by atoms with van der Waals surface area (Å²) in [7, 11) is 0. The van der Waals surface area contributed by atoms with Gasteiger partial charge in [0.2, 0.25) is 0 Å². The normalized spacial score (nSPS) is 11.4. The number of nitrogens with zero attached hydrogens (tertiary/aromatic N) is 3. The van der Waals surface area contributed by atoms with E-state index in [-0.39, 0.29) is 0 Å². The first-order chi connectivity index (χ1) is 13.0. The van der Waals surface area contributed by atoms with Crippen LogP contribution in [0, 0.1) is 18.6 Å². The first-order valence-corrected chi connectivity index (χ1v) is 9.75. The summed E-state index contributed by atoms with van der Waals surface area (Å²) in [5.74, 6) is 0.793. The molecule has 8 heteroatoms. The zero-order valence-electron chi connectivity index (χ0n) is 15.3. The molecule has 2 N–H and O–H groups in total.